The van der Waals surface area contributed by atoms with Gasteiger partial charge in [0.15, 0.2) is 0 Å². The summed E-state index contributed by atoms with van der Waals surface area (Å²) < 4.78 is 15.7. The first kappa shape index (κ1) is 16.9. The van der Waals surface area contributed by atoms with Gasteiger partial charge in [0.1, 0.15) is 5.82 Å². The van der Waals surface area contributed by atoms with Crippen molar-refractivity contribution in [1.29, 1.82) is 0 Å². The van der Waals surface area contributed by atoms with Crippen molar-refractivity contribution in [2.45, 2.75) is 25.3 Å². The number of amides is 2. The summed E-state index contributed by atoms with van der Waals surface area (Å²) in [4.78, 5) is 35.5. The van der Waals surface area contributed by atoms with Gasteiger partial charge in [0.25, 0.3) is 11.5 Å². The van der Waals surface area contributed by atoms with Crippen molar-refractivity contribution >= 4 is 11.8 Å². The Labute approximate surface area is 143 Å². The van der Waals surface area contributed by atoms with Gasteiger partial charge < -0.3 is 11.1 Å². The number of nitrogens with two attached hydrogens (primary N) is 1. The Bertz CT molecular complexity index is 878. The van der Waals surface area contributed by atoms with Crippen molar-refractivity contribution in [2.24, 2.45) is 11.7 Å². The van der Waals surface area contributed by atoms with Gasteiger partial charge in [0.05, 0.1) is 17.2 Å². The predicted octanol–water partition coefficient (Wildman–Crippen LogP) is 1.36. The van der Waals surface area contributed by atoms with Crippen molar-refractivity contribution in [1.82, 2.24) is 9.88 Å². The molecule has 2 aromatic rings. The maximum atomic E-state index is 14.4. The van der Waals surface area contributed by atoms with Gasteiger partial charge in [-0.1, -0.05) is 12.5 Å². The molecule has 0 spiro atoms. The third-order valence-corrected chi connectivity index (χ3v) is 4.50. The van der Waals surface area contributed by atoms with Gasteiger partial charge >= 0.3 is 0 Å². The molecule has 0 bridgehead atoms. The number of pyridine rings is 1. The molecule has 1 heterocycles. The average Bonchev–Trinajstić information content (AvgIpc) is 3.03. The van der Waals surface area contributed by atoms with Crippen LogP contribution in [-0.2, 0) is 4.79 Å². The normalized spacial score (nSPS) is 19.6. The molecule has 1 aromatic heterocycles. The second kappa shape index (κ2) is 6.88. The third kappa shape index (κ3) is 3.45. The summed E-state index contributed by atoms with van der Waals surface area (Å²) in [5.74, 6) is -2.21. The summed E-state index contributed by atoms with van der Waals surface area (Å²) in [6, 6.07) is 8.20. The van der Waals surface area contributed by atoms with Gasteiger partial charge in [0, 0.05) is 18.3 Å². The molecule has 25 heavy (non-hydrogen) atoms. The molecule has 1 aliphatic carbocycles. The quantitative estimate of drug-likeness (QED) is 0.878. The Morgan fingerprint density at radius 1 is 1.20 bits per heavy atom. The van der Waals surface area contributed by atoms with E-state index in [-0.39, 0.29) is 17.2 Å². The van der Waals surface area contributed by atoms with E-state index in [1.807, 2.05) is 0 Å². The fourth-order valence-corrected chi connectivity index (χ4v) is 3.20. The van der Waals surface area contributed by atoms with E-state index in [0.29, 0.717) is 18.5 Å². The van der Waals surface area contributed by atoms with Crippen LogP contribution in [0.4, 0.5) is 4.39 Å². The van der Waals surface area contributed by atoms with E-state index in [1.165, 1.54) is 29.0 Å². The van der Waals surface area contributed by atoms with E-state index in [9.17, 15) is 18.8 Å². The van der Waals surface area contributed by atoms with E-state index < -0.39 is 23.5 Å². The Hall–Kier alpha value is -2.96. The Morgan fingerprint density at radius 3 is 2.68 bits per heavy atom. The number of carbonyl (C=O) groups is 2. The molecule has 7 heteroatoms. The summed E-state index contributed by atoms with van der Waals surface area (Å²) in [6.45, 7) is 0. The molecule has 1 saturated carbocycles. The minimum atomic E-state index is -0.737. The van der Waals surface area contributed by atoms with E-state index >= 15 is 0 Å². The zero-order valence-electron chi connectivity index (χ0n) is 13.4. The fourth-order valence-electron chi connectivity index (χ4n) is 3.20. The largest absolute Gasteiger partial charge is 0.369 e. The molecule has 130 valence electrons. The molecule has 1 fully saturated rings. The average molecular weight is 343 g/mol. The minimum Gasteiger partial charge on any atom is -0.369 e. The molecule has 2 amide bonds. The number of aromatic nitrogens is 1. The van der Waals surface area contributed by atoms with Crippen LogP contribution in [0.15, 0.2) is 47.4 Å². The van der Waals surface area contributed by atoms with Crippen LogP contribution in [0.25, 0.3) is 5.69 Å². The maximum absolute atomic E-state index is 14.4. The fraction of sp³-hybridized carbons (Fsp3) is 0.278. The number of hydrogen-bond donors (Lipinski definition) is 2. The standard InChI is InChI=1S/C18H18FN3O3/c19-14-10-11(22-9-2-1-6-16(22)23)7-8-12(14)18(25)21-15-5-3-4-13(15)17(20)24/h1-2,6-10,13,15H,3-5H2,(H2,20,24)(H,21,25). The molecule has 2 atom stereocenters. The third-order valence-electron chi connectivity index (χ3n) is 4.50. The number of rotatable bonds is 4. The topological polar surface area (TPSA) is 94.2 Å². The van der Waals surface area contributed by atoms with Crippen LogP contribution in [0.3, 0.4) is 0 Å². The van der Waals surface area contributed by atoms with Crippen molar-refractivity contribution in [2.75, 3.05) is 0 Å². The highest BCUT2D eigenvalue weighted by Gasteiger charge is 2.33. The van der Waals surface area contributed by atoms with Crippen LogP contribution in [-0.4, -0.2) is 22.4 Å². The molecule has 0 radical (unpaired) electrons. The lowest BCUT2D eigenvalue weighted by atomic mass is 10.0. The Balaban J connectivity index is 1.81. The summed E-state index contributed by atoms with van der Waals surface area (Å²) in [7, 11) is 0. The monoisotopic (exact) mass is 343 g/mol. The molecular weight excluding hydrogens is 325 g/mol. The second-order valence-corrected chi connectivity index (χ2v) is 6.09. The summed E-state index contributed by atoms with van der Waals surface area (Å²) in [5, 5.41) is 2.69. The zero-order chi connectivity index (χ0) is 18.0. The summed E-state index contributed by atoms with van der Waals surface area (Å²) in [5.41, 5.74) is 5.23. The van der Waals surface area contributed by atoms with Crippen LogP contribution in [0.5, 0.6) is 0 Å². The Morgan fingerprint density at radius 2 is 2.00 bits per heavy atom. The first-order chi connectivity index (χ1) is 12.0. The first-order valence-electron chi connectivity index (χ1n) is 8.05. The SMILES string of the molecule is NC(=O)C1CCCC1NC(=O)c1ccc(-n2ccccc2=O)cc1F. The van der Waals surface area contributed by atoms with Gasteiger partial charge in [-0.2, -0.15) is 0 Å². The van der Waals surface area contributed by atoms with Gasteiger partial charge in [-0.05, 0) is 37.1 Å². The molecule has 3 rings (SSSR count). The minimum absolute atomic E-state index is 0.136. The second-order valence-electron chi connectivity index (χ2n) is 6.09. The lowest BCUT2D eigenvalue weighted by Crippen LogP contribution is -2.42. The van der Waals surface area contributed by atoms with Crippen LogP contribution in [0.2, 0.25) is 0 Å². The predicted molar refractivity (Wildman–Crippen MR) is 89.8 cm³/mol. The molecule has 2 unspecified atom stereocenters. The number of carbonyl (C=O) groups excluding carboxylic acids is 2. The lowest BCUT2D eigenvalue weighted by molar-refractivity contribution is -0.122. The molecular formula is C18H18FN3O3. The van der Waals surface area contributed by atoms with Gasteiger partial charge in [-0.15, -0.1) is 0 Å². The highest BCUT2D eigenvalue weighted by atomic mass is 19.1. The van der Waals surface area contributed by atoms with Crippen LogP contribution >= 0.6 is 0 Å². The number of benzene rings is 1. The van der Waals surface area contributed by atoms with Crippen LogP contribution in [0, 0.1) is 11.7 Å². The van der Waals surface area contributed by atoms with Crippen molar-refractivity contribution < 1.29 is 14.0 Å². The van der Waals surface area contributed by atoms with Crippen molar-refractivity contribution in [3.05, 3.63) is 64.3 Å². The molecule has 1 aromatic carbocycles. The van der Waals surface area contributed by atoms with Crippen molar-refractivity contribution in [3.8, 4) is 5.69 Å². The highest BCUT2D eigenvalue weighted by molar-refractivity contribution is 5.95. The van der Waals surface area contributed by atoms with Crippen LogP contribution in [0.1, 0.15) is 29.6 Å². The van der Waals surface area contributed by atoms with Crippen LogP contribution < -0.4 is 16.6 Å². The van der Waals surface area contributed by atoms with Gasteiger partial charge in [-0.3, -0.25) is 19.0 Å². The van der Waals surface area contributed by atoms with E-state index in [4.69, 9.17) is 5.73 Å². The maximum Gasteiger partial charge on any atom is 0.255 e. The lowest BCUT2D eigenvalue weighted by Gasteiger charge is -2.18. The zero-order valence-corrected chi connectivity index (χ0v) is 13.4. The van der Waals surface area contributed by atoms with Crippen molar-refractivity contribution in [3.63, 3.8) is 0 Å². The van der Waals surface area contributed by atoms with E-state index in [1.54, 1.807) is 12.1 Å². The molecule has 0 aliphatic heterocycles. The number of nitrogens with zero attached hydrogens (tertiary/aromatic N) is 1. The molecule has 3 N–H and O–H groups in total. The van der Waals surface area contributed by atoms with Gasteiger partial charge in [0.2, 0.25) is 5.91 Å². The number of nitrogens with one attached hydrogen (secondary N) is 1. The molecule has 0 saturated heterocycles. The van der Waals surface area contributed by atoms with E-state index in [0.717, 1.165) is 12.5 Å². The number of primary amides is 1. The highest BCUT2D eigenvalue weighted by Crippen LogP contribution is 2.26. The molecule has 6 nitrogen and oxygen atoms in total. The van der Waals surface area contributed by atoms with Gasteiger partial charge in [-0.25, -0.2) is 4.39 Å². The molecule has 1 aliphatic rings. The number of halogens is 1. The smallest absolute Gasteiger partial charge is 0.255 e. The summed E-state index contributed by atoms with van der Waals surface area (Å²) >= 11 is 0. The number of hydrogen-bond acceptors (Lipinski definition) is 3. The summed E-state index contributed by atoms with van der Waals surface area (Å²) in [6.07, 6.45) is 3.57. The van der Waals surface area contributed by atoms with E-state index in [2.05, 4.69) is 5.32 Å². The Kier molecular flexibility index (Phi) is 4.65. The first-order valence-corrected chi connectivity index (χ1v) is 8.05.